The van der Waals surface area contributed by atoms with Crippen molar-refractivity contribution in [1.29, 1.82) is 5.26 Å². The van der Waals surface area contributed by atoms with Crippen molar-refractivity contribution < 1.29 is 9.59 Å². The van der Waals surface area contributed by atoms with Crippen LogP contribution in [0.25, 0.3) is 0 Å². The third-order valence-corrected chi connectivity index (χ3v) is 2.98. The zero-order valence-electron chi connectivity index (χ0n) is 7.69. The molecule has 0 aromatic rings. The highest BCUT2D eigenvalue weighted by atomic mass is 16.2. The highest BCUT2D eigenvalue weighted by Gasteiger charge is 2.55. The van der Waals surface area contributed by atoms with Crippen LogP contribution in [-0.4, -0.2) is 29.3 Å². The molecule has 0 radical (unpaired) electrons. The van der Waals surface area contributed by atoms with Crippen LogP contribution in [0.1, 0.15) is 19.3 Å². The zero-order valence-corrected chi connectivity index (χ0v) is 7.69. The smallest absolute Gasteiger partial charge is 0.243 e. The van der Waals surface area contributed by atoms with Crippen LogP contribution in [0, 0.1) is 16.7 Å². The fourth-order valence-corrected chi connectivity index (χ4v) is 1.70. The molecular formula is C9H11N3O2. The van der Waals surface area contributed by atoms with Crippen molar-refractivity contribution in [3.8, 4) is 6.07 Å². The van der Waals surface area contributed by atoms with E-state index in [9.17, 15) is 9.59 Å². The number of nitriles is 1. The molecule has 2 aliphatic rings. The molecule has 0 aromatic carbocycles. The number of amides is 2. The maximum Gasteiger partial charge on any atom is 0.243 e. The molecule has 1 saturated heterocycles. The van der Waals surface area contributed by atoms with Crippen LogP contribution in [0.15, 0.2) is 0 Å². The first-order chi connectivity index (χ1) is 6.60. The van der Waals surface area contributed by atoms with Gasteiger partial charge in [0.05, 0.1) is 6.07 Å². The molecule has 2 fully saturated rings. The van der Waals surface area contributed by atoms with Crippen LogP contribution in [0.4, 0.5) is 0 Å². The summed E-state index contributed by atoms with van der Waals surface area (Å²) < 4.78 is 0. The summed E-state index contributed by atoms with van der Waals surface area (Å²) in [7, 11) is 0. The average molecular weight is 193 g/mol. The van der Waals surface area contributed by atoms with Crippen LogP contribution in [-0.2, 0) is 9.59 Å². The number of rotatable bonds is 2. The average Bonchev–Trinajstić information content (AvgIpc) is 2.80. The first-order valence-electron chi connectivity index (χ1n) is 4.62. The van der Waals surface area contributed by atoms with Crippen molar-refractivity contribution in [2.45, 2.75) is 25.3 Å². The van der Waals surface area contributed by atoms with E-state index in [1.807, 2.05) is 6.07 Å². The fraction of sp³-hybridized carbons (Fsp3) is 0.667. The topological polar surface area (TPSA) is 87.2 Å². The Morgan fingerprint density at radius 2 is 2.14 bits per heavy atom. The van der Waals surface area contributed by atoms with E-state index in [2.05, 4.69) is 0 Å². The van der Waals surface area contributed by atoms with E-state index >= 15 is 0 Å². The lowest BCUT2D eigenvalue weighted by Crippen LogP contribution is -2.59. The van der Waals surface area contributed by atoms with E-state index in [0.29, 0.717) is 25.8 Å². The molecule has 5 nitrogen and oxygen atoms in total. The highest BCUT2D eigenvalue weighted by molar-refractivity contribution is 5.94. The molecule has 5 heteroatoms. The van der Waals surface area contributed by atoms with E-state index in [-0.39, 0.29) is 5.91 Å². The summed E-state index contributed by atoms with van der Waals surface area (Å²) in [6, 6.07) is 1.54. The molecule has 1 aliphatic carbocycles. The van der Waals surface area contributed by atoms with Gasteiger partial charge in [0.15, 0.2) is 0 Å². The Balaban J connectivity index is 2.07. The number of hydrogen-bond acceptors (Lipinski definition) is 3. The molecule has 1 heterocycles. The molecule has 0 bridgehead atoms. The monoisotopic (exact) mass is 193 g/mol. The van der Waals surface area contributed by atoms with Crippen LogP contribution < -0.4 is 5.73 Å². The predicted molar refractivity (Wildman–Crippen MR) is 46.6 cm³/mol. The molecular weight excluding hydrogens is 182 g/mol. The Hall–Kier alpha value is -1.57. The summed E-state index contributed by atoms with van der Waals surface area (Å²) in [5.74, 6) is -0.687. The minimum atomic E-state index is -0.825. The largest absolute Gasteiger partial charge is 0.368 e. The molecule has 2 N–H and O–H groups in total. The second kappa shape index (κ2) is 2.71. The Morgan fingerprint density at radius 3 is 2.43 bits per heavy atom. The van der Waals surface area contributed by atoms with Gasteiger partial charge in [-0.1, -0.05) is 0 Å². The maximum atomic E-state index is 11.8. The number of likely N-dealkylation sites (tertiary alicyclic amines) is 1. The van der Waals surface area contributed by atoms with Crippen molar-refractivity contribution in [3.05, 3.63) is 0 Å². The van der Waals surface area contributed by atoms with Gasteiger partial charge in [-0.3, -0.25) is 9.59 Å². The van der Waals surface area contributed by atoms with Gasteiger partial charge in [0.2, 0.25) is 11.8 Å². The van der Waals surface area contributed by atoms with Gasteiger partial charge in [-0.25, -0.2) is 0 Å². The number of nitrogens with two attached hydrogens (primary N) is 1. The molecule has 0 aromatic heterocycles. The number of nitrogens with zero attached hydrogens (tertiary/aromatic N) is 2. The van der Waals surface area contributed by atoms with Gasteiger partial charge in [0, 0.05) is 6.54 Å². The van der Waals surface area contributed by atoms with Crippen molar-refractivity contribution in [2.75, 3.05) is 6.54 Å². The van der Waals surface area contributed by atoms with Crippen LogP contribution in [0.5, 0.6) is 0 Å². The van der Waals surface area contributed by atoms with E-state index in [1.165, 1.54) is 4.90 Å². The number of carbonyl (C=O) groups is 2. The Kier molecular flexibility index (Phi) is 1.74. The van der Waals surface area contributed by atoms with Gasteiger partial charge in [0.1, 0.15) is 11.5 Å². The van der Waals surface area contributed by atoms with Gasteiger partial charge >= 0.3 is 0 Å². The van der Waals surface area contributed by atoms with E-state index in [4.69, 9.17) is 11.0 Å². The summed E-state index contributed by atoms with van der Waals surface area (Å²) in [4.78, 5) is 24.1. The molecule has 1 unspecified atom stereocenters. The van der Waals surface area contributed by atoms with Crippen molar-refractivity contribution >= 4 is 11.8 Å². The summed E-state index contributed by atoms with van der Waals surface area (Å²) in [5.41, 5.74) is 4.29. The predicted octanol–water partition coefficient (Wildman–Crippen LogP) is -0.624. The summed E-state index contributed by atoms with van der Waals surface area (Å²) in [6.07, 6.45) is 1.86. The quantitative estimate of drug-likeness (QED) is 0.633. The van der Waals surface area contributed by atoms with Crippen molar-refractivity contribution in [1.82, 2.24) is 4.90 Å². The lowest BCUT2D eigenvalue weighted by molar-refractivity contribution is -0.149. The fourth-order valence-electron chi connectivity index (χ4n) is 1.70. The van der Waals surface area contributed by atoms with Crippen molar-refractivity contribution in [3.63, 3.8) is 0 Å². The number of hydrogen-bond donors (Lipinski definition) is 1. The third-order valence-electron chi connectivity index (χ3n) is 2.98. The molecule has 2 rings (SSSR count). The molecule has 1 atom stereocenters. The van der Waals surface area contributed by atoms with Crippen LogP contribution >= 0.6 is 0 Å². The van der Waals surface area contributed by atoms with Gasteiger partial charge in [0.25, 0.3) is 0 Å². The molecule has 74 valence electrons. The molecule has 1 aliphatic heterocycles. The second-order valence-electron chi connectivity index (χ2n) is 3.90. The summed E-state index contributed by atoms with van der Waals surface area (Å²) >= 11 is 0. The Labute approximate surface area is 81.5 Å². The minimum absolute atomic E-state index is 0.213. The molecule has 14 heavy (non-hydrogen) atoms. The second-order valence-corrected chi connectivity index (χ2v) is 3.90. The molecule has 2 amide bonds. The summed E-state index contributed by atoms with van der Waals surface area (Å²) in [6.45, 7) is 0.551. The third kappa shape index (κ3) is 1.07. The summed E-state index contributed by atoms with van der Waals surface area (Å²) in [5, 5.41) is 8.81. The van der Waals surface area contributed by atoms with Crippen molar-refractivity contribution in [2.24, 2.45) is 11.1 Å². The SMILES string of the molecule is N#CC1(C(=O)N2CCC2C(N)=O)CC1. The first kappa shape index (κ1) is 9.00. The Morgan fingerprint density at radius 1 is 1.50 bits per heavy atom. The minimum Gasteiger partial charge on any atom is -0.368 e. The van der Waals surface area contributed by atoms with Gasteiger partial charge in [-0.15, -0.1) is 0 Å². The highest BCUT2D eigenvalue weighted by Crippen LogP contribution is 2.47. The van der Waals surface area contributed by atoms with Gasteiger partial charge in [-0.2, -0.15) is 5.26 Å². The first-order valence-corrected chi connectivity index (χ1v) is 4.62. The number of primary amides is 1. The molecule has 0 spiro atoms. The van der Waals surface area contributed by atoms with E-state index < -0.39 is 17.4 Å². The molecule has 1 saturated carbocycles. The number of carbonyl (C=O) groups excluding carboxylic acids is 2. The maximum absolute atomic E-state index is 11.8. The lowest BCUT2D eigenvalue weighted by atomic mass is 9.97. The van der Waals surface area contributed by atoms with E-state index in [1.54, 1.807) is 0 Å². The van der Waals surface area contributed by atoms with Crippen LogP contribution in [0.3, 0.4) is 0 Å². The standard InChI is InChI=1S/C9H11N3O2/c10-5-9(2-3-9)8(14)12-4-1-6(12)7(11)13/h6H,1-4H2,(H2,11,13). The van der Waals surface area contributed by atoms with Gasteiger partial charge in [-0.05, 0) is 19.3 Å². The zero-order chi connectivity index (χ0) is 10.3. The van der Waals surface area contributed by atoms with E-state index in [0.717, 1.165) is 0 Å². The van der Waals surface area contributed by atoms with Crippen LogP contribution in [0.2, 0.25) is 0 Å². The normalized spacial score (nSPS) is 27.4. The Bertz CT molecular complexity index is 340. The van der Waals surface area contributed by atoms with Gasteiger partial charge < -0.3 is 10.6 Å². The lowest BCUT2D eigenvalue weighted by Gasteiger charge is -2.39.